The van der Waals surface area contributed by atoms with E-state index in [0.29, 0.717) is 30.5 Å². The highest BCUT2D eigenvalue weighted by Crippen LogP contribution is 2.30. The first-order valence-electron chi connectivity index (χ1n) is 8.84. The predicted molar refractivity (Wildman–Crippen MR) is 119 cm³/mol. The number of thiazole rings is 1. The first-order valence-corrected chi connectivity index (χ1v) is 9.71. The van der Waals surface area contributed by atoms with Gasteiger partial charge in [0, 0.05) is 37.3 Å². The van der Waals surface area contributed by atoms with Crippen molar-refractivity contribution in [1.82, 2.24) is 25.0 Å². The monoisotopic (exact) mass is 538 g/mol. The minimum Gasteiger partial charge on any atom is -0.357 e. The van der Waals surface area contributed by atoms with Gasteiger partial charge in [-0.3, -0.25) is 0 Å². The molecule has 3 heterocycles. The molecule has 2 N–H and O–H groups in total. The van der Waals surface area contributed by atoms with E-state index in [1.165, 1.54) is 0 Å². The number of hydrogen-bond acceptors (Lipinski definition) is 4. The molecule has 0 fully saturated rings. The number of rotatable bonds is 6. The highest BCUT2D eigenvalue weighted by molar-refractivity contribution is 14.0. The van der Waals surface area contributed by atoms with Gasteiger partial charge in [-0.2, -0.15) is 13.2 Å². The predicted octanol–water partition coefficient (Wildman–Crippen LogP) is 4.03. The second kappa shape index (κ2) is 10.2. The zero-order chi connectivity index (χ0) is 20.1. The third kappa shape index (κ3) is 6.29. The minimum absolute atomic E-state index is 0. The van der Waals surface area contributed by atoms with Gasteiger partial charge in [0.25, 0.3) is 0 Å². The molecule has 0 aliphatic heterocycles. The average molecular weight is 538 g/mol. The molecule has 29 heavy (non-hydrogen) atoms. The molecule has 3 rings (SSSR count). The Balaban J connectivity index is 0.00000300. The lowest BCUT2D eigenvalue weighted by atomic mass is 10.3. The molecule has 0 spiro atoms. The summed E-state index contributed by atoms with van der Waals surface area (Å²) in [5.41, 5.74) is 2.12. The van der Waals surface area contributed by atoms with Crippen LogP contribution in [-0.2, 0) is 19.1 Å². The summed E-state index contributed by atoms with van der Waals surface area (Å²) in [5, 5.41) is 7.59. The molecular formula is C18H22F3IN6S. The molecule has 3 aromatic heterocycles. The van der Waals surface area contributed by atoms with Crippen LogP contribution in [0.3, 0.4) is 0 Å². The summed E-state index contributed by atoms with van der Waals surface area (Å²) in [6.07, 6.45) is 0.220. The number of aryl methyl sites for hydroxylation is 1. The van der Waals surface area contributed by atoms with Gasteiger partial charge < -0.3 is 15.0 Å². The summed E-state index contributed by atoms with van der Waals surface area (Å²) in [6, 6.07) is 3.99. The van der Waals surface area contributed by atoms with Crippen LogP contribution in [-0.4, -0.2) is 33.4 Å². The van der Waals surface area contributed by atoms with Crippen LogP contribution in [0, 0.1) is 6.92 Å². The van der Waals surface area contributed by atoms with E-state index in [-0.39, 0.29) is 30.5 Å². The summed E-state index contributed by atoms with van der Waals surface area (Å²) in [7, 11) is 0. The number of pyridine rings is 1. The Hall–Kier alpha value is -1.89. The Morgan fingerprint density at radius 2 is 2.07 bits per heavy atom. The summed E-state index contributed by atoms with van der Waals surface area (Å²) >= 11 is 0.954. The van der Waals surface area contributed by atoms with E-state index >= 15 is 0 Å². The Morgan fingerprint density at radius 1 is 1.28 bits per heavy atom. The van der Waals surface area contributed by atoms with Crippen molar-refractivity contribution >= 4 is 46.9 Å². The van der Waals surface area contributed by atoms with Crippen molar-refractivity contribution in [3.05, 3.63) is 51.9 Å². The number of aliphatic imine (C=N–C) groups is 1. The molecule has 0 atom stereocenters. The molecule has 158 valence electrons. The number of guanidine groups is 1. The highest BCUT2D eigenvalue weighted by Gasteiger charge is 2.33. The maximum absolute atomic E-state index is 12.6. The third-order valence-electron chi connectivity index (χ3n) is 3.96. The number of halogens is 4. The van der Waals surface area contributed by atoms with Crippen LogP contribution in [0.5, 0.6) is 0 Å². The fourth-order valence-electron chi connectivity index (χ4n) is 2.64. The van der Waals surface area contributed by atoms with E-state index in [0.717, 1.165) is 33.6 Å². The molecule has 3 aromatic rings. The Labute approximate surface area is 187 Å². The quantitative estimate of drug-likeness (QED) is 0.283. The van der Waals surface area contributed by atoms with Crippen LogP contribution < -0.4 is 10.6 Å². The molecule has 11 heteroatoms. The van der Waals surface area contributed by atoms with E-state index in [2.05, 4.69) is 25.6 Å². The number of nitrogens with zero attached hydrogens (tertiary/aromatic N) is 4. The molecule has 0 aliphatic carbocycles. The normalized spacial score (nSPS) is 12.1. The van der Waals surface area contributed by atoms with Crippen molar-refractivity contribution in [1.29, 1.82) is 0 Å². The summed E-state index contributed by atoms with van der Waals surface area (Å²) < 4.78 is 39.9. The van der Waals surface area contributed by atoms with Crippen molar-refractivity contribution in [2.24, 2.45) is 4.99 Å². The van der Waals surface area contributed by atoms with E-state index in [1.54, 1.807) is 0 Å². The fraction of sp³-hybridized carbons (Fsp3) is 0.389. The largest absolute Gasteiger partial charge is 0.434 e. The van der Waals surface area contributed by atoms with Gasteiger partial charge in [-0.15, -0.1) is 35.3 Å². The number of aromatic nitrogens is 3. The summed E-state index contributed by atoms with van der Waals surface area (Å²) in [5.74, 6) is 0.534. The lowest BCUT2D eigenvalue weighted by molar-refractivity contribution is -0.140. The minimum atomic E-state index is -4.42. The highest BCUT2D eigenvalue weighted by atomic mass is 127. The molecule has 0 bridgehead atoms. The molecule has 0 unspecified atom stereocenters. The Bertz CT molecular complexity index is 966. The molecule has 0 aliphatic rings. The van der Waals surface area contributed by atoms with Crippen molar-refractivity contribution in [2.45, 2.75) is 33.0 Å². The lowest BCUT2D eigenvalue weighted by Gasteiger charge is -2.10. The van der Waals surface area contributed by atoms with E-state index < -0.39 is 11.9 Å². The van der Waals surface area contributed by atoms with Gasteiger partial charge in [0.05, 0.1) is 12.2 Å². The van der Waals surface area contributed by atoms with Gasteiger partial charge in [0.15, 0.2) is 11.7 Å². The summed E-state index contributed by atoms with van der Waals surface area (Å²) in [4.78, 5) is 12.5. The number of nitrogens with one attached hydrogen (secondary N) is 2. The van der Waals surface area contributed by atoms with Crippen molar-refractivity contribution in [3.63, 3.8) is 0 Å². The first-order chi connectivity index (χ1) is 13.4. The average Bonchev–Trinajstić information content (AvgIpc) is 3.27. The second-order valence-electron chi connectivity index (χ2n) is 6.15. The lowest BCUT2D eigenvalue weighted by Crippen LogP contribution is -2.38. The molecule has 0 radical (unpaired) electrons. The number of fused-ring (bicyclic) bond motifs is 1. The van der Waals surface area contributed by atoms with Gasteiger partial charge in [0.1, 0.15) is 10.7 Å². The maximum atomic E-state index is 12.6. The zero-order valence-corrected chi connectivity index (χ0v) is 19.1. The smallest absolute Gasteiger partial charge is 0.357 e. The van der Waals surface area contributed by atoms with Crippen molar-refractivity contribution in [2.75, 3.05) is 13.1 Å². The van der Waals surface area contributed by atoms with E-state index in [9.17, 15) is 13.2 Å². The van der Waals surface area contributed by atoms with Gasteiger partial charge in [0.2, 0.25) is 0 Å². The van der Waals surface area contributed by atoms with Crippen LogP contribution >= 0.6 is 35.3 Å². The number of alkyl halides is 3. The molecular weight excluding hydrogens is 516 g/mol. The van der Waals surface area contributed by atoms with Gasteiger partial charge in [-0.25, -0.2) is 15.0 Å². The topological polar surface area (TPSA) is 66.6 Å². The van der Waals surface area contributed by atoms with Crippen LogP contribution in [0.4, 0.5) is 13.2 Å². The SMILES string of the molecule is CCNC(=NCc1nc(C(F)(F)F)cs1)NCCc1cn2cccc(C)c2n1.I. The zero-order valence-electron chi connectivity index (χ0n) is 16.0. The van der Waals surface area contributed by atoms with E-state index in [4.69, 9.17) is 0 Å². The van der Waals surface area contributed by atoms with Crippen LogP contribution in [0.25, 0.3) is 5.65 Å². The fourth-order valence-corrected chi connectivity index (χ4v) is 3.36. The first kappa shape index (κ1) is 23.4. The standard InChI is InChI=1S/C18H21F3N6S.HI/c1-3-22-17(24-9-15-26-14(11-28-15)18(19,20)21)23-7-6-13-10-27-8-4-5-12(2)16(27)25-13;/h4-5,8,10-11H,3,6-7,9H2,1-2H3,(H2,22,23,24);1H. The van der Waals surface area contributed by atoms with Crippen LogP contribution in [0.1, 0.15) is 28.9 Å². The Kier molecular flexibility index (Phi) is 8.25. The van der Waals surface area contributed by atoms with E-state index in [1.807, 2.05) is 42.8 Å². The van der Waals surface area contributed by atoms with Crippen molar-refractivity contribution < 1.29 is 13.2 Å². The maximum Gasteiger partial charge on any atom is 0.434 e. The second-order valence-corrected chi connectivity index (χ2v) is 7.09. The van der Waals surface area contributed by atoms with Gasteiger partial charge >= 0.3 is 6.18 Å². The third-order valence-corrected chi connectivity index (χ3v) is 4.79. The van der Waals surface area contributed by atoms with Crippen LogP contribution in [0.15, 0.2) is 34.9 Å². The summed E-state index contributed by atoms with van der Waals surface area (Å²) in [6.45, 7) is 5.27. The van der Waals surface area contributed by atoms with Crippen LogP contribution in [0.2, 0.25) is 0 Å². The Morgan fingerprint density at radius 3 is 2.72 bits per heavy atom. The molecule has 0 saturated carbocycles. The van der Waals surface area contributed by atoms with Gasteiger partial charge in [-0.05, 0) is 25.5 Å². The number of hydrogen-bond donors (Lipinski definition) is 2. The molecule has 6 nitrogen and oxygen atoms in total. The molecule has 0 amide bonds. The van der Waals surface area contributed by atoms with Gasteiger partial charge in [-0.1, -0.05) is 6.07 Å². The molecule has 0 aromatic carbocycles. The van der Waals surface area contributed by atoms with Crippen molar-refractivity contribution in [3.8, 4) is 0 Å². The number of imidazole rings is 1. The molecule has 0 saturated heterocycles.